The van der Waals surface area contributed by atoms with E-state index in [1.807, 2.05) is 6.92 Å². The second kappa shape index (κ2) is 5.33. The van der Waals surface area contributed by atoms with E-state index in [0.717, 1.165) is 14.8 Å². The molecule has 1 aromatic rings. The Labute approximate surface area is 125 Å². The first-order valence-corrected chi connectivity index (χ1v) is 7.31. The van der Waals surface area contributed by atoms with Gasteiger partial charge in [-0.25, -0.2) is 0 Å². The molecule has 1 aromatic heterocycles. The van der Waals surface area contributed by atoms with E-state index in [2.05, 4.69) is 57.7 Å². The van der Waals surface area contributed by atoms with Crippen LogP contribution in [-0.4, -0.2) is 34.7 Å². The summed E-state index contributed by atoms with van der Waals surface area (Å²) < 4.78 is 3.43. The van der Waals surface area contributed by atoms with Gasteiger partial charge in [-0.1, -0.05) is 20.8 Å². The van der Waals surface area contributed by atoms with Crippen LogP contribution in [0.1, 0.15) is 39.4 Å². The van der Waals surface area contributed by atoms with Crippen LogP contribution in [0.25, 0.3) is 0 Å². The number of hydrogen-bond acceptors (Lipinski definition) is 2. The molecule has 1 amide bonds. The number of hydrogen-bond donors (Lipinski definition) is 0. The first-order chi connectivity index (χ1) is 8.07. The Morgan fingerprint density at radius 2 is 1.83 bits per heavy atom. The van der Waals surface area contributed by atoms with Crippen LogP contribution in [0.2, 0.25) is 0 Å². The van der Waals surface area contributed by atoms with E-state index in [1.54, 1.807) is 23.7 Å². The SMILES string of the molecule is CC(C(=O)N(C)C)n1nc(Br)c(Br)c1C(C)(C)C. The van der Waals surface area contributed by atoms with Gasteiger partial charge in [0, 0.05) is 19.5 Å². The molecule has 0 aliphatic heterocycles. The van der Waals surface area contributed by atoms with E-state index < -0.39 is 0 Å². The van der Waals surface area contributed by atoms with Crippen molar-refractivity contribution in [2.45, 2.75) is 39.2 Å². The van der Waals surface area contributed by atoms with Crippen molar-refractivity contribution in [1.29, 1.82) is 0 Å². The van der Waals surface area contributed by atoms with Crippen LogP contribution >= 0.6 is 31.9 Å². The van der Waals surface area contributed by atoms with Gasteiger partial charge in [0.2, 0.25) is 5.91 Å². The summed E-state index contributed by atoms with van der Waals surface area (Å²) in [6, 6.07) is -0.322. The quantitative estimate of drug-likeness (QED) is 0.788. The molecule has 0 saturated carbocycles. The molecule has 1 heterocycles. The van der Waals surface area contributed by atoms with Gasteiger partial charge in [-0.05, 0) is 38.8 Å². The molecule has 0 aliphatic carbocycles. The minimum absolute atomic E-state index is 0.0306. The molecule has 0 aliphatic rings. The van der Waals surface area contributed by atoms with Crippen molar-refractivity contribution in [2.75, 3.05) is 14.1 Å². The van der Waals surface area contributed by atoms with Crippen LogP contribution in [0, 0.1) is 0 Å². The van der Waals surface area contributed by atoms with E-state index in [-0.39, 0.29) is 17.4 Å². The van der Waals surface area contributed by atoms with Crippen LogP contribution in [0.5, 0.6) is 0 Å². The standard InChI is InChI=1S/C12H19Br2N3O/c1-7(11(18)16(5)6)17-9(12(2,3)4)8(13)10(14)15-17/h7H,1-6H3. The molecule has 18 heavy (non-hydrogen) atoms. The zero-order valence-electron chi connectivity index (χ0n) is 11.6. The van der Waals surface area contributed by atoms with Crippen LogP contribution in [-0.2, 0) is 10.2 Å². The van der Waals surface area contributed by atoms with Crippen molar-refractivity contribution >= 4 is 37.8 Å². The smallest absolute Gasteiger partial charge is 0.246 e. The molecule has 6 heteroatoms. The number of likely N-dealkylation sites (N-methyl/N-ethyl adjacent to an activating group) is 1. The van der Waals surface area contributed by atoms with E-state index in [1.165, 1.54) is 0 Å². The number of aromatic nitrogens is 2. The van der Waals surface area contributed by atoms with E-state index >= 15 is 0 Å². The van der Waals surface area contributed by atoms with Gasteiger partial charge in [0.15, 0.2) is 0 Å². The molecule has 102 valence electrons. The van der Waals surface area contributed by atoms with E-state index in [4.69, 9.17) is 0 Å². The van der Waals surface area contributed by atoms with Crippen LogP contribution in [0.4, 0.5) is 0 Å². The van der Waals surface area contributed by atoms with Crippen molar-refractivity contribution in [3.63, 3.8) is 0 Å². The second-order valence-corrected chi connectivity index (χ2v) is 7.10. The van der Waals surface area contributed by atoms with E-state index in [0.29, 0.717) is 0 Å². The van der Waals surface area contributed by atoms with E-state index in [9.17, 15) is 4.79 Å². The van der Waals surface area contributed by atoms with Gasteiger partial charge >= 0.3 is 0 Å². The maximum absolute atomic E-state index is 12.1. The molecule has 0 spiro atoms. The number of carbonyl (C=O) groups is 1. The first kappa shape index (κ1) is 15.7. The predicted molar refractivity (Wildman–Crippen MR) is 79.7 cm³/mol. The van der Waals surface area contributed by atoms with Crippen LogP contribution in [0.15, 0.2) is 9.08 Å². The molecule has 0 bridgehead atoms. The Morgan fingerprint density at radius 3 is 2.22 bits per heavy atom. The summed E-state index contributed by atoms with van der Waals surface area (Å²) in [6.07, 6.45) is 0. The van der Waals surface area contributed by atoms with Crippen LogP contribution in [0.3, 0.4) is 0 Å². The normalized spacial score (nSPS) is 13.6. The highest BCUT2D eigenvalue weighted by Gasteiger charge is 2.30. The molecule has 0 fully saturated rings. The number of amides is 1. The molecule has 0 N–H and O–H groups in total. The summed E-state index contributed by atoms with van der Waals surface area (Å²) in [5.41, 5.74) is 0.913. The lowest BCUT2D eigenvalue weighted by Crippen LogP contribution is -2.33. The molecule has 0 saturated heterocycles. The maximum atomic E-state index is 12.1. The van der Waals surface area contributed by atoms with Crippen molar-refractivity contribution < 1.29 is 4.79 Å². The largest absolute Gasteiger partial charge is 0.347 e. The van der Waals surface area contributed by atoms with Gasteiger partial charge in [0.25, 0.3) is 0 Å². The number of nitrogens with zero attached hydrogens (tertiary/aromatic N) is 3. The fourth-order valence-electron chi connectivity index (χ4n) is 1.82. The zero-order chi connectivity index (χ0) is 14.2. The molecular weight excluding hydrogens is 362 g/mol. The Hall–Kier alpha value is -0.360. The zero-order valence-corrected chi connectivity index (χ0v) is 14.8. The van der Waals surface area contributed by atoms with Gasteiger partial charge in [0.1, 0.15) is 10.6 Å². The van der Waals surface area contributed by atoms with Gasteiger partial charge in [-0.2, -0.15) is 5.10 Å². The van der Waals surface area contributed by atoms with Gasteiger partial charge in [-0.3, -0.25) is 9.48 Å². The third kappa shape index (κ3) is 2.96. The third-order valence-corrected chi connectivity index (χ3v) is 4.53. The molecule has 1 atom stereocenters. The highest BCUT2D eigenvalue weighted by atomic mass is 79.9. The lowest BCUT2D eigenvalue weighted by Gasteiger charge is -2.25. The summed E-state index contributed by atoms with van der Waals surface area (Å²) in [7, 11) is 3.51. The third-order valence-electron chi connectivity index (χ3n) is 2.69. The molecule has 4 nitrogen and oxygen atoms in total. The van der Waals surface area contributed by atoms with Crippen molar-refractivity contribution in [3.8, 4) is 0 Å². The molecule has 0 radical (unpaired) electrons. The average molecular weight is 381 g/mol. The lowest BCUT2D eigenvalue weighted by atomic mass is 9.92. The number of halogens is 2. The van der Waals surface area contributed by atoms with Crippen molar-refractivity contribution in [2.24, 2.45) is 0 Å². The fraction of sp³-hybridized carbons (Fsp3) is 0.667. The Balaban J connectivity index is 3.34. The van der Waals surface area contributed by atoms with Crippen molar-refractivity contribution in [1.82, 2.24) is 14.7 Å². The predicted octanol–water partition coefficient (Wildman–Crippen LogP) is 3.35. The van der Waals surface area contributed by atoms with Crippen molar-refractivity contribution in [3.05, 3.63) is 14.8 Å². The monoisotopic (exact) mass is 379 g/mol. The number of carbonyl (C=O) groups excluding carboxylic acids is 1. The molecular formula is C12H19Br2N3O. The second-order valence-electron chi connectivity index (χ2n) is 5.56. The van der Waals surface area contributed by atoms with Gasteiger partial charge < -0.3 is 4.90 Å². The summed E-state index contributed by atoms with van der Waals surface area (Å²) in [5.74, 6) is 0.0306. The Bertz CT molecular complexity index is 461. The summed E-state index contributed by atoms with van der Waals surface area (Å²) >= 11 is 6.95. The molecule has 1 rings (SSSR count). The summed E-state index contributed by atoms with van der Waals surface area (Å²) in [5, 5.41) is 4.42. The highest BCUT2D eigenvalue weighted by molar-refractivity contribution is 9.13. The number of rotatable bonds is 2. The average Bonchev–Trinajstić information content (AvgIpc) is 2.52. The molecule has 1 unspecified atom stereocenters. The summed E-state index contributed by atoms with van der Waals surface area (Å²) in [4.78, 5) is 13.7. The Kier molecular flexibility index (Phi) is 4.65. The lowest BCUT2D eigenvalue weighted by molar-refractivity contribution is -0.132. The minimum Gasteiger partial charge on any atom is -0.347 e. The minimum atomic E-state index is -0.322. The molecule has 0 aromatic carbocycles. The fourth-order valence-corrected chi connectivity index (χ4v) is 3.03. The first-order valence-electron chi connectivity index (χ1n) is 5.72. The van der Waals surface area contributed by atoms with Gasteiger partial charge in [0.05, 0.1) is 10.2 Å². The summed E-state index contributed by atoms with van der Waals surface area (Å²) in [6.45, 7) is 8.17. The Morgan fingerprint density at radius 1 is 1.33 bits per heavy atom. The van der Waals surface area contributed by atoms with Gasteiger partial charge in [-0.15, -0.1) is 0 Å². The topological polar surface area (TPSA) is 38.1 Å². The van der Waals surface area contributed by atoms with Crippen LogP contribution < -0.4 is 0 Å². The maximum Gasteiger partial charge on any atom is 0.246 e. The highest BCUT2D eigenvalue weighted by Crippen LogP contribution is 2.36.